The average Bonchev–Trinajstić information content (AvgIpc) is 2.62. The summed E-state index contributed by atoms with van der Waals surface area (Å²) >= 11 is 0. The Bertz CT molecular complexity index is 784. The summed E-state index contributed by atoms with van der Waals surface area (Å²) in [4.78, 5) is 23.2. The van der Waals surface area contributed by atoms with E-state index in [1.807, 2.05) is 0 Å². The van der Waals surface area contributed by atoms with Gasteiger partial charge in [-0.1, -0.05) is 6.08 Å². The van der Waals surface area contributed by atoms with Crippen LogP contribution in [0.3, 0.4) is 0 Å². The van der Waals surface area contributed by atoms with Gasteiger partial charge in [0.05, 0.1) is 10.8 Å². The predicted octanol–water partition coefficient (Wildman–Crippen LogP) is 2.26. The molecule has 1 saturated carbocycles. The number of hydrogen-bond donors (Lipinski definition) is 3. The lowest BCUT2D eigenvalue weighted by atomic mass is 9.86. The molecule has 2 amide bonds. The average molecular weight is 395 g/mol. The van der Waals surface area contributed by atoms with Crippen molar-refractivity contribution in [3.05, 3.63) is 36.9 Å². The number of nitrogens with zero attached hydrogens (tertiary/aromatic N) is 1. The Kier molecular flexibility index (Phi) is 6.98. The number of hydrogen-bond acceptors (Lipinski definition) is 4. The molecule has 9 heteroatoms. The Balaban J connectivity index is 1.90. The van der Waals surface area contributed by atoms with Crippen LogP contribution in [-0.4, -0.2) is 49.5 Å². The van der Waals surface area contributed by atoms with Crippen LogP contribution in [0.2, 0.25) is 0 Å². The molecular weight excluding hydrogens is 370 g/mol. The Hall–Kier alpha value is -2.39. The van der Waals surface area contributed by atoms with Gasteiger partial charge in [-0.25, -0.2) is 13.2 Å². The van der Waals surface area contributed by atoms with Crippen molar-refractivity contribution in [3.8, 4) is 0 Å². The summed E-state index contributed by atoms with van der Waals surface area (Å²) in [5.41, 5.74) is 0.469. The van der Waals surface area contributed by atoms with Crippen LogP contribution < -0.4 is 10.6 Å². The summed E-state index contributed by atoms with van der Waals surface area (Å²) in [6.45, 7) is 3.73. The fraction of sp³-hybridized carbons (Fsp3) is 0.444. The summed E-state index contributed by atoms with van der Waals surface area (Å²) < 4.78 is 25.8. The van der Waals surface area contributed by atoms with E-state index in [2.05, 4.69) is 17.2 Å². The van der Waals surface area contributed by atoms with Crippen LogP contribution in [0.15, 0.2) is 41.8 Å². The molecule has 1 fully saturated rings. The third kappa shape index (κ3) is 5.54. The number of nitrogens with one attached hydrogen (secondary N) is 2. The Morgan fingerprint density at radius 1 is 1.22 bits per heavy atom. The molecule has 0 aromatic heterocycles. The van der Waals surface area contributed by atoms with E-state index in [0.717, 1.165) is 0 Å². The lowest BCUT2D eigenvalue weighted by Gasteiger charge is -2.26. The van der Waals surface area contributed by atoms with E-state index < -0.39 is 22.0 Å². The first-order valence-corrected chi connectivity index (χ1v) is 10.2. The highest BCUT2D eigenvalue weighted by Crippen LogP contribution is 2.24. The number of likely N-dealkylation sites (N-methyl/N-ethyl adjacent to an activating group) is 1. The number of rotatable bonds is 7. The second-order valence-corrected chi connectivity index (χ2v) is 8.63. The molecule has 0 bridgehead atoms. The molecule has 3 N–H and O–H groups in total. The molecule has 0 heterocycles. The number of carboxylic acids is 1. The van der Waals surface area contributed by atoms with Crippen molar-refractivity contribution >= 4 is 27.7 Å². The van der Waals surface area contributed by atoms with Crippen molar-refractivity contribution in [2.45, 2.75) is 36.6 Å². The van der Waals surface area contributed by atoms with Crippen LogP contribution in [0.4, 0.5) is 10.5 Å². The first-order valence-electron chi connectivity index (χ1n) is 8.71. The van der Waals surface area contributed by atoms with E-state index >= 15 is 0 Å². The van der Waals surface area contributed by atoms with Crippen molar-refractivity contribution < 1.29 is 23.1 Å². The fourth-order valence-electron chi connectivity index (χ4n) is 3.01. The Morgan fingerprint density at radius 2 is 1.81 bits per heavy atom. The van der Waals surface area contributed by atoms with Crippen molar-refractivity contribution in [2.75, 3.05) is 18.9 Å². The second kappa shape index (κ2) is 9.01. The number of aliphatic carboxylic acids is 1. The summed E-state index contributed by atoms with van der Waals surface area (Å²) in [6, 6.07) is 5.46. The SMILES string of the molecule is C=CCN(C)S(=O)(=O)c1ccc(NC(=O)NC2CCC(C(=O)O)CC2)cc1. The predicted molar refractivity (Wildman–Crippen MR) is 102 cm³/mol. The Labute approximate surface area is 159 Å². The number of benzene rings is 1. The summed E-state index contributed by atoms with van der Waals surface area (Å²) in [5.74, 6) is -1.12. The normalized spacial score (nSPS) is 20.1. The number of carbonyl (C=O) groups excluding carboxylic acids is 1. The summed E-state index contributed by atoms with van der Waals surface area (Å²) in [5, 5.41) is 14.5. The molecule has 1 aromatic carbocycles. The van der Waals surface area contributed by atoms with Gasteiger partial charge < -0.3 is 15.7 Å². The molecule has 0 radical (unpaired) electrons. The molecule has 0 atom stereocenters. The van der Waals surface area contributed by atoms with E-state index in [-0.39, 0.29) is 23.4 Å². The molecule has 0 saturated heterocycles. The van der Waals surface area contributed by atoms with Crippen molar-refractivity contribution in [1.29, 1.82) is 0 Å². The van der Waals surface area contributed by atoms with Gasteiger partial charge >= 0.3 is 12.0 Å². The van der Waals surface area contributed by atoms with E-state index in [1.54, 1.807) is 0 Å². The molecule has 2 rings (SSSR count). The van der Waals surface area contributed by atoms with E-state index in [9.17, 15) is 18.0 Å². The Morgan fingerprint density at radius 3 is 2.33 bits per heavy atom. The number of amides is 2. The molecule has 1 aromatic rings. The zero-order valence-corrected chi connectivity index (χ0v) is 16.0. The number of sulfonamides is 1. The highest BCUT2D eigenvalue weighted by Gasteiger charge is 2.26. The van der Waals surface area contributed by atoms with Gasteiger partial charge in [-0.15, -0.1) is 6.58 Å². The lowest BCUT2D eigenvalue weighted by Crippen LogP contribution is -2.40. The summed E-state index contributed by atoms with van der Waals surface area (Å²) in [6.07, 6.45) is 3.84. The molecular formula is C18H25N3O5S. The van der Waals surface area contributed by atoms with Gasteiger partial charge in [-0.3, -0.25) is 4.79 Å². The maximum atomic E-state index is 12.3. The maximum Gasteiger partial charge on any atom is 0.319 e. The van der Waals surface area contributed by atoms with Gasteiger partial charge in [0.15, 0.2) is 0 Å². The minimum atomic E-state index is -3.60. The smallest absolute Gasteiger partial charge is 0.319 e. The van der Waals surface area contributed by atoms with E-state index in [1.165, 1.54) is 41.7 Å². The van der Waals surface area contributed by atoms with Crippen molar-refractivity contribution in [1.82, 2.24) is 9.62 Å². The first kappa shape index (κ1) is 20.9. The number of anilines is 1. The van der Waals surface area contributed by atoms with Gasteiger partial charge in [0, 0.05) is 25.3 Å². The van der Waals surface area contributed by atoms with E-state index in [4.69, 9.17) is 5.11 Å². The van der Waals surface area contributed by atoms with Gasteiger partial charge in [0.2, 0.25) is 10.0 Å². The maximum absolute atomic E-state index is 12.3. The zero-order valence-electron chi connectivity index (χ0n) is 15.2. The zero-order chi connectivity index (χ0) is 20.0. The van der Waals surface area contributed by atoms with Gasteiger partial charge in [0.1, 0.15) is 0 Å². The van der Waals surface area contributed by atoms with Crippen LogP contribution in [0.1, 0.15) is 25.7 Å². The van der Waals surface area contributed by atoms with Crippen molar-refractivity contribution in [2.24, 2.45) is 5.92 Å². The number of carboxylic acid groups (broad SMARTS) is 1. The molecule has 148 valence electrons. The minimum Gasteiger partial charge on any atom is -0.481 e. The molecule has 27 heavy (non-hydrogen) atoms. The topological polar surface area (TPSA) is 116 Å². The monoisotopic (exact) mass is 395 g/mol. The van der Waals surface area contributed by atoms with Gasteiger partial charge in [-0.05, 0) is 49.9 Å². The second-order valence-electron chi connectivity index (χ2n) is 6.58. The molecule has 0 unspecified atom stereocenters. The molecule has 0 aliphatic heterocycles. The first-order chi connectivity index (χ1) is 12.7. The highest BCUT2D eigenvalue weighted by molar-refractivity contribution is 7.89. The molecule has 1 aliphatic rings. The van der Waals surface area contributed by atoms with Gasteiger partial charge in [0.25, 0.3) is 0 Å². The molecule has 1 aliphatic carbocycles. The standard InChI is InChI=1S/C18H25N3O5S/c1-3-12-21(2)27(25,26)16-10-8-15(9-11-16)20-18(24)19-14-6-4-13(5-7-14)17(22)23/h3,8-11,13-14H,1,4-7,12H2,2H3,(H,22,23)(H2,19,20,24). The summed E-state index contributed by atoms with van der Waals surface area (Å²) in [7, 11) is -2.13. The number of carbonyl (C=O) groups is 2. The van der Waals surface area contributed by atoms with Gasteiger partial charge in [-0.2, -0.15) is 4.31 Å². The van der Waals surface area contributed by atoms with Crippen LogP contribution in [0.5, 0.6) is 0 Å². The molecule has 8 nitrogen and oxygen atoms in total. The van der Waals surface area contributed by atoms with Crippen LogP contribution in [-0.2, 0) is 14.8 Å². The number of urea groups is 1. The third-order valence-corrected chi connectivity index (χ3v) is 6.46. The van der Waals surface area contributed by atoms with Crippen LogP contribution in [0.25, 0.3) is 0 Å². The largest absolute Gasteiger partial charge is 0.481 e. The van der Waals surface area contributed by atoms with Crippen LogP contribution >= 0.6 is 0 Å². The molecule has 0 spiro atoms. The quantitative estimate of drug-likeness (QED) is 0.613. The van der Waals surface area contributed by atoms with Crippen LogP contribution in [0, 0.1) is 5.92 Å². The van der Waals surface area contributed by atoms with Crippen molar-refractivity contribution in [3.63, 3.8) is 0 Å². The minimum absolute atomic E-state index is 0.0622. The lowest BCUT2D eigenvalue weighted by molar-refractivity contribution is -0.142. The third-order valence-electron chi connectivity index (χ3n) is 4.62. The van der Waals surface area contributed by atoms with E-state index in [0.29, 0.717) is 31.4 Å². The highest BCUT2D eigenvalue weighted by atomic mass is 32.2. The fourth-order valence-corrected chi connectivity index (χ4v) is 4.15.